The van der Waals surface area contributed by atoms with Crippen LogP contribution in [0.3, 0.4) is 0 Å². The molecule has 0 saturated heterocycles. The molecule has 0 aliphatic carbocycles. The maximum absolute atomic E-state index is 8.95. The van der Waals surface area contributed by atoms with Crippen LogP contribution in [0, 0.1) is 0 Å². The number of rotatable bonds is 1. The highest BCUT2D eigenvalue weighted by Crippen LogP contribution is 2.34. The van der Waals surface area contributed by atoms with Crippen LogP contribution in [-0.2, 0) is 5.41 Å². The third-order valence-electron chi connectivity index (χ3n) is 4.12. The van der Waals surface area contributed by atoms with Crippen LogP contribution in [0.2, 0.25) is 0 Å². The maximum Gasteiger partial charge on any atom is 0.0826 e. The van der Waals surface area contributed by atoms with E-state index < -0.39 is 5.41 Å². The van der Waals surface area contributed by atoms with Crippen LogP contribution in [-0.4, -0.2) is 4.57 Å². The Morgan fingerprint density at radius 3 is 2.43 bits per heavy atom. The van der Waals surface area contributed by atoms with Gasteiger partial charge in [-0.05, 0) is 28.5 Å². The van der Waals surface area contributed by atoms with E-state index in [1.807, 2.05) is 63.2 Å². The molecule has 0 spiro atoms. The number of para-hydroxylation sites is 1. The fourth-order valence-corrected chi connectivity index (χ4v) is 3.00. The topological polar surface area (TPSA) is 4.93 Å². The van der Waals surface area contributed by atoms with Crippen molar-refractivity contribution in [3.63, 3.8) is 0 Å². The van der Waals surface area contributed by atoms with E-state index in [1.54, 1.807) is 4.57 Å². The van der Waals surface area contributed by atoms with Gasteiger partial charge in [-0.2, -0.15) is 0 Å². The highest BCUT2D eigenvalue weighted by molar-refractivity contribution is 5.94. The second-order valence-corrected chi connectivity index (χ2v) is 6.79. The van der Waals surface area contributed by atoms with Crippen molar-refractivity contribution in [2.45, 2.75) is 26.2 Å². The summed E-state index contributed by atoms with van der Waals surface area (Å²) in [6.45, 7) is 5.90. The van der Waals surface area contributed by atoms with Crippen molar-refractivity contribution in [2.75, 3.05) is 0 Å². The molecule has 0 N–H and O–H groups in total. The number of nitrogens with zero attached hydrogens (tertiary/aromatic N) is 1. The van der Waals surface area contributed by atoms with Gasteiger partial charge in [0.2, 0.25) is 0 Å². The largest absolute Gasteiger partial charge is 0.316 e. The normalized spacial score (nSPS) is 15.2. The van der Waals surface area contributed by atoms with Crippen molar-refractivity contribution in [2.24, 2.45) is 0 Å². The van der Waals surface area contributed by atoms with Crippen LogP contribution in [0.15, 0.2) is 72.8 Å². The van der Waals surface area contributed by atoms with Gasteiger partial charge < -0.3 is 4.57 Å². The molecule has 0 atom stereocenters. The Labute approximate surface area is 144 Å². The first-order valence-corrected chi connectivity index (χ1v) is 7.74. The van der Waals surface area contributed by atoms with Gasteiger partial charge >= 0.3 is 0 Å². The van der Waals surface area contributed by atoms with Gasteiger partial charge in [0.15, 0.2) is 0 Å². The lowest BCUT2D eigenvalue weighted by Gasteiger charge is -2.17. The molecule has 0 unspecified atom stereocenters. The first-order valence-electron chi connectivity index (χ1n) is 10.2. The average molecular weight is 304 g/mol. The van der Waals surface area contributed by atoms with Gasteiger partial charge in [0.05, 0.1) is 18.1 Å². The summed E-state index contributed by atoms with van der Waals surface area (Å²) in [5.74, 6) is 0. The molecule has 3 aromatic carbocycles. The Bertz CT molecular complexity index is 1240. The maximum atomic E-state index is 8.95. The van der Waals surface area contributed by atoms with Crippen molar-refractivity contribution < 1.29 is 6.85 Å². The highest BCUT2D eigenvalue weighted by Gasteiger charge is 2.20. The number of benzene rings is 3. The van der Waals surface area contributed by atoms with E-state index in [-0.39, 0.29) is 30.3 Å². The van der Waals surface area contributed by atoms with E-state index in [0.717, 1.165) is 16.5 Å². The molecule has 0 aliphatic heterocycles. The molecule has 23 heavy (non-hydrogen) atoms. The van der Waals surface area contributed by atoms with Crippen molar-refractivity contribution >= 4 is 21.7 Å². The first-order chi connectivity index (χ1) is 13.1. The lowest BCUT2D eigenvalue weighted by molar-refractivity contribution is 0.594. The van der Waals surface area contributed by atoms with Crippen LogP contribution in [0.5, 0.6) is 0 Å². The van der Waals surface area contributed by atoms with Crippen LogP contribution in [0.1, 0.15) is 33.2 Å². The van der Waals surface area contributed by atoms with Gasteiger partial charge in [-0.1, -0.05) is 75.3 Å². The minimum Gasteiger partial charge on any atom is -0.316 e. The Hall–Kier alpha value is -2.54. The smallest absolute Gasteiger partial charge is 0.0826 e. The summed E-state index contributed by atoms with van der Waals surface area (Å²) in [5.41, 5.74) is 1.27. The van der Waals surface area contributed by atoms with E-state index in [9.17, 15) is 0 Å². The summed E-state index contributed by atoms with van der Waals surface area (Å²) in [6.07, 6.45) is 0.200. The minimum absolute atomic E-state index is 0.0894. The first kappa shape index (κ1) is 9.57. The van der Waals surface area contributed by atoms with Crippen molar-refractivity contribution in [1.82, 2.24) is 4.57 Å². The lowest BCUT2D eigenvalue weighted by atomic mass is 9.87. The number of hydrogen-bond acceptors (Lipinski definition) is 0. The van der Waals surface area contributed by atoms with Crippen molar-refractivity contribution in [3.05, 3.63) is 78.4 Å². The van der Waals surface area contributed by atoms with Crippen LogP contribution < -0.4 is 0 Å². The summed E-state index contributed by atoms with van der Waals surface area (Å²) in [6, 6.07) is 12.9. The molecule has 0 saturated carbocycles. The van der Waals surface area contributed by atoms with Gasteiger partial charge in [-0.3, -0.25) is 0 Å². The van der Waals surface area contributed by atoms with E-state index in [1.165, 1.54) is 0 Å². The highest BCUT2D eigenvalue weighted by atomic mass is 15.0. The Morgan fingerprint density at radius 1 is 0.870 bits per heavy atom. The number of hydrogen-bond donors (Lipinski definition) is 0. The molecule has 0 fully saturated rings. The van der Waals surface area contributed by atoms with Gasteiger partial charge in [-0.25, -0.2) is 0 Å². The van der Waals surface area contributed by atoms with Gasteiger partial charge in [0.25, 0.3) is 0 Å². The summed E-state index contributed by atoms with van der Waals surface area (Å²) in [7, 11) is 0. The molecule has 1 nitrogen and oxygen atoms in total. The van der Waals surface area contributed by atoms with Crippen molar-refractivity contribution in [1.29, 1.82) is 0 Å². The molecule has 4 rings (SSSR count). The average Bonchev–Trinajstić information content (AvgIpc) is 2.97. The zero-order valence-electron chi connectivity index (χ0n) is 18.5. The summed E-state index contributed by atoms with van der Waals surface area (Å²) in [4.78, 5) is 0. The fourth-order valence-electron chi connectivity index (χ4n) is 3.00. The molecule has 0 aliphatic rings. The number of aromatic nitrogens is 1. The molecule has 114 valence electrons. The standard InChI is InChI=1S/C22H21N/c1-22(2,3)19-15-23(21-13-7-6-12-18(19)21)20-14-8-10-16-9-4-5-11-17(16)20/h4-15H,1-3H3/i6D,7D,12D,13D,15D. The second kappa shape index (κ2) is 4.99. The van der Waals surface area contributed by atoms with Crippen molar-refractivity contribution in [3.8, 4) is 5.69 Å². The zero-order valence-corrected chi connectivity index (χ0v) is 13.5. The molecule has 4 aromatic rings. The number of fused-ring (bicyclic) bond motifs is 2. The Morgan fingerprint density at radius 2 is 1.61 bits per heavy atom. The molecule has 0 radical (unpaired) electrons. The monoisotopic (exact) mass is 304 g/mol. The Balaban J connectivity index is 2.30. The van der Waals surface area contributed by atoms with Gasteiger partial charge in [-0.15, -0.1) is 0 Å². The minimum atomic E-state index is -0.455. The molecule has 1 aromatic heterocycles. The predicted octanol–water partition coefficient (Wildman–Crippen LogP) is 6.08. The van der Waals surface area contributed by atoms with E-state index in [2.05, 4.69) is 0 Å². The fraction of sp³-hybridized carbons (Fsp3) is 0.182. The quantitative estimate of drug-likeness (QED) is 0.401. The summed E-state index contributed by atoms with van der Waals surface area (Å²) in [5, 5.41) is 2.37. The van der Waals surface area contributed by atoms with Gasteiger partial charge in [0, 0.05) is 16.9 Å². The molecular weight excluding hydrogens is 278 g/mol. The molecule has 1 heterocycles. The molecule has 0 amide bonds. The SMILES string of the molecule is [2H]c1c([2H])c([2H])c2c(c1[2H])c(C(C)(C)C)c([2H])n2-c1cccc2ccccc12. The van der Waals surface area contributed by atoms with Gasteiger partial charge in [0.1, 0.15) is 0 Å². The third-order valence-corrected chi connectivity index (χ3v) is 4.12. The lowest BCUT2D eigenvalue weighted by Crippen LogP contribution is -2.10. The van der Waals surface area contributed by atoms with Crippen LogP contribution >= 0.6 is 0 Å². The Kier molecular flexibility index (Phi) is 2.07. The predicted molar refractivity (Wildman–Crippen MR) is 99.5 cm³/mol. The molecular formula is C22H21N. The van der Waals surface area contributed by atoms with E-state index >= 15 is 0 Å². The summed E-state index contributed by atoms with van der Waals surface area (Å²) < 4.78 is 43.9. The summed E-state index contributed by atoms with van der Waals surface area (Å²) >= 11 is 0. The van der Waals surface area contributed by atoms with Crippen LogP contribution in [0.4, 0.5) is 0 Å². The molecule has 1 heteroatoms. The van der Waals surface area contributed by atoms with E-state index in [4.69, 9.17) is 6.85 Å². The second-order valence-electron chi connectivity index (χ2n) is 6.79. The van der Waals surface area contributed by atoms with E-state index in [0.29, 0.717) is 16.5 Å². The van der Waals surface area contributed by atoms with Crippen LogP contribution in [0.25, 0.3) is 27.4 Å². The third kappa shape index (κ3) is 2.24. The molecule has 0 bridgehead atoms. The zero-order chi connectivity index (χ0) is 20.4.